The predicted octanol–water partition coefficient (Wildman–Crippen LogP) is 1.39. The molecular formula is C19H26N2O7. The lowest BCUT2D eigenvalue weighted by Crippen LogP contribution is -2.52. The third-order valence-corrected chi connectivity index (χ3v) is 5.13. The van der Waals surface area contributed by atoms with E-state index >= 15 is 0 Å². The minimum atomic E-state index is -1.37. The number of hydrogen-bond acceptors (Lipinski definition) is 6. The first kappa shape index (κ1) is 21.3. The summed E-state index contributed by atoms with van der Waals surface area (Å²) < 4.78 is 15.9. The van der Waals surface area contributed by atoms with Crippen LogP contribution in [-0.2, 0) is 14.4 Å². The molecule has 9 nitrogen and oxygen atoms in total. The van der Waals surface area contributed by atoms with E-state index < -0.39 is 23.3 Å². The Labute approximate surface area is 163 Å². The van der Waals surface area contributed by atoms with Crippen LogP contribution in [0.5, 0.6) is 17.2 Å². The maximum atomic E-state index is 12.8. The molecule has 1 aromatic rings. The highest BCUT2D eigenvalue weighted by atomic mass is 16.5. The van der Waals surface area contributed by atoms with Gasteiger partial charge in [-0.3, -0.25) is 9.59 Å². The first-order valence-corrected chi connectivity index (χ1v) is 8.69. The Kier molecular flexibility index (Phi) is 6.06. The Morgan fingerprint density at radius 1 is 1.14 bits per heavy atom. The van der Waals surface area contributed by atoms with Gasteiger partial charge in [-0.2, -0.15) is 0 Å². The SMILES string of the molecule is COc1cc(N2CC(C(=O)N(C)C(C)(C)C(=O)O)CC2=O)cc(OC)c1OC. The van der Waals surface area contributed by atoms with E-state index in [0.29, 0.717) is 22.9 Å². The Hall–Kier alpha value is -2.97. The highest BCUT2D eigenvalue weighted by Crippen LogP contribution is 2.42. The number of nitrogens with zero attached hydrogens (tertiary/aromatic N) is 2. The Morgan fingerprint density at radius 3 is 2.11 bits per heavy atom. The predicted molar refractivity (Wildman–Crippen MR) is 101 cm³/mol. The van der Waals surface area contributed by atoms with Gasteiger partial charge in [-0.05, 0) is 13.8 Å². The third-order valence-electron chi connectivity index (χ3n) is 5.13. The second kappa shape index (κ2) is 7.95. The van der Waals surface area contributed by atoms with Crippen LogP contribution in [-0.4, -0.2) is 68.3 Å². The van der Waals surface area contributed by atoms with Crippen molar-refractivity contribution in [2.24, 2.45) is 5.92 Å². The molecule has 2 amide bonds. The van der Waals surface area contributed by atoms with Crippen LogP contribution < -0.4 is 19.1 Å². The van der Waals surface area contributed by atoms with Crippen LogP contribution in [0, 0.1) is 5.92 Å². The average Bonchev–Trinajstić information content (AvgIpc) is 3.06. The average molecular weight is 394 g/mol. The molecule has 0 saturated carbocycles. The van der Waals surface area contributed by atoms with Crippen molar-refractivity contribution in [1.29, 1.82) is 0 Å². The number of ether oxygens (including phenoxy) is 3. The minimum absolute atomic E-state index is 0.00443. The summed E-state index contributed by atoms with van der Waals surface area (Å²) in [5.41, 5.74) is -0.866. The summed E-state index contributed by atoms with van der Waals surface area (Å²) in [5, 5.41) is 9.34. The standard InChI is InChI=1S/C19H26N2O7/c1-19(2,18(24)25)20(3)17(23)11-7-15(22)21(10-11)12-8-13(26-4)16(28-6)14(9-12)27-5/h8-9,11H,7,10H2,1-6H3,(H,24,25). The molecule has 1 saturated heterocycles. The van der Waals surface area contributed by atoms with Crippen LogP contribution in [0.4, 0.5) is 5.69 Å². The molecule has 1 unspecified atom stereocenters. The first-order valence-electron chi connectivity index (χ1n) is 8.69. The first-order chi connectivity index (χ1) is 13.1. The highest BCUT2D eigenvalue weighted by molar-refractivity contribution is 6.01. The quantitative estimate of drug-likeness (QED) is 0.745. The summed E-state index contributed by atoms with van der Waals surface area (Å²) in [5.74, 6) is -1.21. The summed E-state index contributed by atoms with van der Waals surface area (Å²) in [4.78, 5) is 39.4. The summed E-state index contributed by atoms with van der Waals surface area (Å²) in [7, 11) is 5.86. The minimum Gasteiger partial charge on any atom is -0.493 e. The van der Waals surface area contributed by atoms with Crippen molar-refractivity contribution in [2.45, 2.75) is 25.8 Å². The maximum absolute atomic E-state index is 12.8. The second-order valence-corrected chi connectivity index (χ2v) is 7.05. The number of rotatable bonds is 7. The number of anilines is 1. The molecule has 0 aliphatic carbocycles. The second-order valence-electron chi connectivity index (χ2n) is 7.05. The highest BCUT2D eigenvalue weighted by Gasteiger charge is 2.42. The summed E-state index contributed by atoms with van der Waals surface area (Å²) >= 11 is 0. The number of methoxy groups -OCH3 is 3. The number of carbonyl (C=O) groups excluding carboxylic acids is 2. The smallest absolute Gasteiger partial charge is 0.329 e. The monoisotopic (exact) mass is 394 g/mol. The van der Waals surface area contributed by atoms with E-state index in [0.717, 1.165) is 0 Å². The largest absolute Gasteiger partial charge is 0.493 e. The van der Waals surface area contributed by atoms with Crippen molar-refractivity contribution in [1.82, 2.24) is 4.90 Å². The van der Waals surface area contributed by atoms with Crippen LogP contribution in [0.3, 0.4) is 0 Å². The molecule has 0 aromatic heterocycles. The molecule has 2 rings (SSSR count). The van der Waals surface area contributed by atoms with E-state index in [-0.39, 0.29) is 18.9 Å². The summed E-state index contributed by atoms with van der Waals surface area (Å²) in [6, 6.07) is 3.27. The van der Waals surface area contributed by atoms with Crippen LogP contribution in [0.1, 0.15) is 20.3 Å². The van der Waals surface area contributed by atoms with Gasteiger partial charge < -0.3 is 29.1 Å². The number of aliphatic carboxylic acids is 1. The normalized spacial score (nSPS) is 16.7. The number of likely N-dealkylation sites (N-methyl/N-ethyl adjacent to an activating group) is 1. The molecule has 0 radical (unpaired) electrons. The fraction of sp³-hybridized carbons (Fsp3) is 0.526. The van der Waals surface area contributed by atoms with Gasteiger partial charge in [0.05, 0.1) is 32.9 Å². The van der Waals surface area contributed by atoms with Gasteiger partial charge in [0.2, 0.25) is 17.6 Å². The van der Waals surface area contributed by atoms with E-state index in [1.807, 2.05) is 0 Å². The van der Waals surface area contributed by atoms with Gasteiger partial charge in [0.15, 0.2) is 11.5 Å². The number of carboxylic acid groups (broad SMARTS) is 1. The molecule has 1 N–H and O–H groups in total. The third kappa shape index (κ3) is 3.69. The summed E-state index contributed by atoms with van der Waals surface area (Å²) in [6.07, 6.45) is -0.00443. The van der Waals surface area contributed by atoms with Crippen molar-refractivity contribution < 1.29 is 33.7 Å². The molecular weight excluding hydrogens is 368 g/mol. The van der Waals surface area contributed by atoms with Gasteiger partial charge in [0.25, 0.3) is 0 Å². The molecule has 1 aliphatic rings. The van der Waals surface area contributed by atoms with Gasteiger partial charge in [0, 0.05) is 32.1 Å². The van der Waals surface area contributed by atoms with Crippen molar-refractivity contribution in [3.63, 3.8) is 0 Å². The van der Waals surface area contributed by atoms with E-state index in [9.17, 15) is 19.5 Å². The Balaban J connectivity index is 2.30. The van der Waals surface area contributed by atoms with Crippen LogP contribution >= 0.6 is 0 Å². The van der Waals surface area contributed by atoms with Gasteiger partial charge in [-0.15, -0.1) is 0 Å². The lowest BCUT2D eigenvalue weighted by atomic mass is 10.00. The lowest BCUT2D eigenvalue weighted by molar-refractivity contribution is -0.156. The molecule has 1 aromatic carbocycles. The van der Waals surface area contributed by atoms with E-state index in [1.54, 1.807) is 12.1 Å². The van der Waals surface area contributed by atoms with Crippen molar-refractivity contribution in [3.05, 3.63) is 12.1 Å². The zero-order valence-corrected chi connectivity index (χ0v) is 16.9. The Morgan fingerprint density at radius 2 is 1.68 bits per heavy atom. The molecule has 1 aliphatic heterocycles. The molecule has 1 atom stereocenters. The van der Waals surface area contributed by atoms with Gasteiger partial charge in [-0.1, -0.05) is 0 Å². The molecule has 154 valence electrons. The molecule has 1 fully saturated rings. The molecule has 0 bridgehead atoms. The maximum Gasteiger partial charge on any atom is 0.329 e. The summed E-state index contributed by atoms with van der Waals surface area (Å²) in [6.45, 7) is 3.03. The van der Waals surface area contributed by atoms with Crippen LogP contribution in [0.15, 0.2) is 12.1 Å². The Bertz CT molecular complexity index is 765. The van der Waals surface area contributed by atoms with E-state index in [4.69, 9.17) is 14.2 Å². The number of benzene rings is 1. The molecule has 9 heteroatoms. The van der Waals surface area contributed by atoms with Crippen LogP contribution in [0.25, 0.3) is 0 Å². The topological polar surface area (TPSA) is 106 Å². The number of carbonyl (C=O) groups is 3. The van der Waals surface area contributed by atoms with Gasteiger partial charge >= 0.3 is 5.97 Å². The van der Waals surface area contributed by atoms with Crippen molar-refractivity contribution in [2.75, 3.05) is 39.8 Å². The van der Waals surface area contributed by atoms with Crippen molar-refractivity contribution >= 4 is 23.5 Å². The van der Waals surface area contributed by atoms with Crippen LogP contribution in [0.2, 0.25) is 0 Å². The zero-order chi connectivity index (χ0) is 21.2. The fourth-order valence-corrected chi connectivity index (χ4v) is 3.04. The van der Waals surface area contributed by atoms with E-state index in [1.165, 1.54) is 52.0 Å². The van der Waals surface area contributed by atoms with E-state index in [2.05, 4.69) is 0 Å². The molecule has 28 heavy (non-hydrogen) atoms. The molecule has 0 spiro atoms. The number of hydrogen-bond donors (Lipinski definition) is 1. The van der Waals surface area contributed by atoms with Crippen molar-refractivity contribution in [3.8, 4) is 17.2 Å². The zero-order valence-electron chi connectivity index (χ0n) is 16.9. The number of amides is 2. The number of carboxylic acids is 1. The lowest BCUT2D eigenvalue weighted by Gasteiger charge is -2.33. The fourth-order valence-electron chi connectivity index (χ4n) is 3.04. The van der Waals surface area contributed by atoms with Gasteiger partial charge in [-0.25, -0.2) is 4.79 Å². The van der Waals surface area contributed by atoms with Gasteiger partial charge in [0.1, 0.15) is 5.54 Å². The molecule has 1 heterocycles.